The number of hydrogen-bond donors (Lipinski definition) is 1. The minimum absolute atomic E-state index is 0.201. The topological polar surface area (TPSA) is 96.4 Å². The van der Waals surface area contributed by atoms with Crippen molar-refractivity contribution < 1.29 is 29.0 Å². The molecule has 8 nitrogen and oxygen atoms in total. The van der Waals surface area contributed by atoms with Crippen molar-refractivity contribution in [2.75, 3.05) is 19.8 Å². The zero-order valence-electron chi connectivity index (χ0n) is 20.8. The van der Waals surface area contributed by atoms with Crippen molar-refractivity contribution in [3.63, 3.8) is 0 Å². The van der Waals surface area contributed by atoms with Gasteiger partial charge in [0, 0.05) is 13.1 Å². The molecule has 35 heavy (non-hydrogen) atoms. The lowest BCUT2D eigenvalue weighted by atomic mass is 9.65. The molecule has 3 aliphatic heterocycles. The van der Waals surface area contributed by atoms with Crippen LogP contribution in [0.1, 0.15) is 45.6 Å². The van der Waals surface area contributed by atoms with Crippen LogP contribution in [0.4, 0.5) is 0 Å². The minimum atomic E-state index is -1.14. The Kier molecular flexibility index (Phi) is 7.06. The normalized spacial score (nSPS) is 31.8. The summed E-state index contributed by atoms with van der Waals surface area (Å²) in [4.78, 5) is 44.5. The van der Waals surface area contributed by atoms with Gasteiger partial charge in [-0.25, -0.2) is 0 Å². The smallest absolute Gasteiger partial charge is 0.312 e. The molecule has 2 bridgehead atoms. The lowest BCUT2D eigenvalue weighted by molar-refractivity contribution is -0.163. The number of rotatable bonds is 10. The summed E-state index contributed by atoms with van der Waals surface area (Å²) in [5, 5.41) is 10.0. The Balaban J connectivity index is 1.78. The van der Waals surface area contributed by atoms with E-state index >= 15 is 0 Å². The Labute approximate surface area is 206 Å². The number of ether oxygens (including phenoxy) is 2. The number of benzene rings is 1. The van der Waals surface area contributed by atoms with Gasteiger partial charge in [-0.3, -0.25) is 14.4 Å². The number of hydrogen-bond acceptors (Lipinski definition) is 6. The fourth-order valence-corrected chi connectivity index (χ4v) is 6.45. The highest BCUT2D eigenvalue weighted by atomic mass is 16.6. The second-order valence-corrected chi connectivity index (χ2v) is 9.86. The SMILES string of the molecule is C=CCN(Cc1ccccc1)C(=O)C1N([C@H](C)CO)C(=O)[C@@H]2[C@@H](C(=O)OCC)[C@@]3(CC)CCC12O3. The summed E-state index contributed by atoms with van der Waals surface area (Å²) >= 11 is 0. The molecule has 0 aromatic heterocycles. The van der Waals surface area contributed by atoms with Gasteiger partial charge in [-0.1, -0.05) is 43.3 Å². The van der Waals surface area contributed by atoms with Crippen molar-refractivity contribution >= 4 is 17.8 Å². The van der Waals surface area contributed by atoms with Crippen molar-refractivity contribution in [1.82, 2.24) is 9.80 Å². The molecule has 1 aromatic carbocycles. The van der Waals surface area contributed by atoms with Gasteiger partial charge in [0.25, 0.3) is 0 Å². The number of fused-ring (bicyclic) bond motifs is 1. The van der Waals surface area contributed by atoms with Gasteiger partial charge in [0.05, 0.1) is 30.8 Å². The first kappa shape index (κ1) is 25.4. The summed E-state index contributed by atoms with van der Waals surface area (Å²) in [6.07, 6.45) is 3.26. The second kappa shape index (κ2) is 9.74. The summed E-state index contributed by atoms with van der Waals surface area (Å²) in [6.45, 7) is 9.75. The maximum atomic E-state index is 14.2. The fourth-order valence-electron chi connectivity index (χ4n) is 6.45. The standard InChI is InChI=1S/C27H36N2O6/c1-5-15-28(16-19-11-9-8-10-12-19)24(32)22-27-14-13-26(6-2,35-27)21(25(33)34-7-3)20(27)23(31)29(22)18(4)17-30/h5,8-12,18,20-22,30H,1,6-7,13-17H2,2-4H3/t18-,20+,21+,22?,26-,27?/m1/s1. The van der Waals surface area contributed by atoms with E-state index in [1.54, 1.807) is 24.8 Å². The summed E-state index contributed by atoms with van der Waals surface area (Å²) in [5.41, 5.74) is -1.02. The Morgan fingerprint density at radius 1 is 1.31 bits per heavy atom. The molecule has 6 atom stereocenters. The predicted molar refractivity (Wildman–Crippen MR) is 129 cm³/mol. The van der Waals surface area contributed by atoms with Crippen LogP contribution in [-0.2, 0) is 30.4 Å². The molecule has 2 unspecified atom stereocenters. The molecular weight excluding hydrogens is 448 g/mol. The number of amides is 2. The summed E-state index contributed by atoms with van der Waals surface area (Å²) < 4.78 is 12.1. The molecule has 190 valence electrons. The Bertz CT molecular complexity index is 983. The molecule has 8 heteroatoms. The van der Waals surface area contributed by atoms with Crippen molar-refractivity contribution in [2.45, 2.75) is 69.9 Å². The maximum Gasteiger partial charge on any atom is 0.312 e. The Hall–Kier alpha value is -2.71. The third-order valence-corrected chi connectivity index (χ3v) is 8.01. The molecule has 4 rings (SSSR count). The molecule has 0 saturated carbocycles. The van der Waals surface area contributed by atoms with Crippen molar-refractivity contribution in [3.8, 4) is 0 Å². The van der Waals surface area contributed by atoms with Crippen LogP contribution in [0.15, 0.2) is 43.0 Å². The summed E-state index contributed by atoms with van der Waals surface area (Å²) in [5.74, 6) is -2.63. The Morgan fingerprint density at radius 3 is 2.63 bits per heavy atom. The first-order valence-corrected chi connectivity index (χ1v) is 12.5. The van der Waals surface area contributed by atoms with E-state index in [0.29, 0.717) is 32.4 Å². The third kappa shape index (κ3) is 3.87. The van der Waals surface area contributed by atoms with Crippen LogP contribution in [0.5, 0.6) is 0 Å². The van der Waals surface area contributed by atoms with Gasteiger partial charge in [-0.05, 0) is 38.7 Å². The maximum absolute atomic E-state index is 14.2. The van der Waals surface area contributed by atoms with Crippen molar-refractivity contribution in [3.05, 3.63) is 48.6 Å². The van der Waals surface area contributed by atoms with Crippen LogP contribution in [0.3, 0.4) is 0 Å². The zero-order chi connectivity index (χ0) is 25.4. The summed E-state index contributed by atoms with van der Waals surface area (Å²) in [7, 11) is 0. The lowest BCUT2D eigenvalue weighted by Crippen LogP contribution is -2.58. The number of carbonyl (C=O) groups is 3. The van der Waals surface area contributed by atoms with Crippen molar-refractivity contribution in [2.24, 2.45) is 11.8 Å². The van der Waals surface area contributed by atoms with Crippen LogP contribution < -0.4 is 0 Å². The molecule has 2 amide bonds. The van der Waals surface area contributed by atoms with Crippen LogP contribution in [0, 0.1) is 11.8 Å². The van der Waals surface area contributed by atoms with E-state index < -0.39 is 41.1 Å². The number of aliphatic hydroxyl groups is 1. The number of esters is 1. The highest BCUT2D eigenvalue weighted by molar-refractivity contribution is 5.98. The van der Waals surface area contributed by atoms with Gasteiger partial charge in [-0.2, -0.15) is 0 Å². The van der Waals surface area contributed by atoms with Gasteiger partial charge in [0.1, 0.15) is 17.6 Å². The highest BCUT2D eigenvalue weighted by Crippen LogP contribution is 2.64. The number of nitrogens with zero attached hydrogens (tertiary/aromatic N) is 2. The van der Waals surface area contributed by atoms with Crippen LogP contribution in [-0.4, -0.2) is 75.7 Å². The first-order chi connectivity index (χ1) is 16.8. The lowest BCUT2D eigenvalue weighted by Gasteiger charge is -2.38. The largest absolute Gasteiger partial charge is 0.466 e. The molecule has 1 aromatic rings. The molecule has 0 radical (unpaired) electrons. The summed E-state index contributed by atoms with van der Waals surface area (Å²) in [6, 6.07) is 8.07. The van der Waals surface area contributed by atoms with E-state index in [2.05, 4.69) is 6.58 Å². The van der Waals surface area contributed by atoms with Gasteiger partial charge in [0.2, 0.25) is 11.8 Å². The second-order valence-electron chi connectivity index (χ2n) is 9.86. The molecule has 1 spiro atoms. The van der Waals surface area contributed by atoms with Crippen molar-refractivity contribution in [1.29, 1.82) is 0 Å². The van der Waals surface area contributed by atoms with Crippen LogP contribution in [0.2, 0.25) is 0 Å². The predicted octanol–water partition coefficient (Wildman–Crippen LogP) is 2.30. The monoisotopic (exact) mass is 484 g/mol. The fraction of sp³-hybridized carbons (Fsp3) is 0.593. The quantitative estimate of drug-likeness (QED) is 0.404. The van der Waals surface area contributed by atoms with Crippen LogP contribution in [0.25, 0.3) is 0 Å². The van der Waals surface area contributed by atoms with E-state index in [9.17, 15) is 19.5 Å². The first-order valence-electron chi connectivity index (χ1n) is 12.5. The van der Waals surface area contributed by atoms with Gasteiger partial charge in [-0.15, -0.1) is 6.58 Å². The van der Waals surface area contributed by atoms with E-state index in [-0.39, 0.29) is 25.0 Å². The third-order valence-electron chi connectivity index (χ3n) is 8.01. The molecule has 3 aliphatic rings. The van der Waals surface area contributed by atoms with E-state index in [0.717, 1.165) is 5.56 Å². The van der Waals surface area contributed by atoms with Gasteiger partial charge < -0.3 is 24.4 Å². The van der Waals surface area contributed by atoms with Crippen LogP contribution >= 0.6 is 0 Å². The van der Waals surface area contributed by atoms with E-state index in [1.807, 2.05) is 37.3 Å². The average molecular weight is 485 g/mol. The Morgan fingerprint density at radius 2 is 2.03 bits per heavy atom. The molecule has 1 N–H and O–H groups in total. The molecule has 3 heterocycles. The average Bonchev–Trinajstić information content (AvgIpc) is 3.47. The zero-order valence-corrected chi connectivity index (χ0v) is 20.8. The highest BCUT2D eigenvalue weighted by Gasteiger charge is 2.79. The number of aliphatic hydroxyl groups excluding tert-OH is 1. The molecular formula is C27H36N2O6. The number of likely N-dealkylation sites (tertiary alicyclic amines) is 1. The van der Waals surface area contributed by atoms with Gasteiger partial charge >= 0.3 is 5.97 Å². The molecule has 3 fully saturated rings. The molecule has 0 aliphatic carbocycles. The molecule has 3 saturated heterocycles. The van der Waals surface area contributed by atoms with E-state index in [4.69, 9.17) is 9.47 Å². The minimum Gasteiger partial charge on any atom is -0.466 e. The van der Waals surface area contributed by atoms with Gasteiger partial charge in [0.15, 0.2) is 0 Å². The van der Waals surface area contributed by atoms with E-state index in [1.165, 1.54) is 4.90 Å². The number of carbonyl (C=O) groups excluding carboxylic acids is 3.